The third-order valence-electron chi connectivity index (χ3n) is 3.15. The van der Waals surface area contributed by atoms with E-state index in [0.717, 1.165) is 0 Å². The molecule has 1 aliphatic heterocycles. The van der Waals surface area contributed by atoms with E-state index >= 15 is 0 Å². The van der Waals surface area contributed by atoms with Crippen molar-refractivity contribution in [3.63, 3.8) is 0 Å². The van der Waals surface area contributed by atoms with Crippen LogP contribution in [0.25, 0.3) is 0 Å². The molecule has 2 unspecified atom stereocenters. The zero-order valence-corrected chi connectivity index (χ0v) is 18.5. The Morgan fingerprint density at radius 3 is 2.48 bits per heavy atom. The van der Waals surface area contributed by atoms with Gasteiger partial charge in [0.1, 0.15) is 5.91 Å². The normalized spacial score (nSPS) is 21.7. The summed E-state index contributed by atoms with van der Waals surface area (Å²) in [5.41, 5.74) is 0.0282. The number of imide groups is 1. The smallest absolute Gasteiger partial charge is 0.248 e. The molecule has 0 bridgehead atoms. The summed E-state index contributed by atoms with van der Waals surface area (Å²) in [4.78, 5) is 34.4. The molecule has 1 fully saturated rings. The minimum atomic E-state index is -0.786. The summed E-state index contributed by atoms with van der Waals surface area (Å²) >= 11 is 3.53. The van der Waals surface area contributed by atoms with E-state index in [-0.39, 0.29) is 51.8 Å². The first-order valence-electron chi connectivity index (χ1n) is 7.63. The van der Waals surface area contributed by atoms with Crippen molar-refractivity contribution < 1.29 is 44.6 Å². The summed E-state index contributed by atoms with van der Waals surface area (Å²) in [6, 6.07) is -0.786. The standard InChI is InChI=1S/C13H14FN2O4.C2H6.CH4S.W/c1-20-10-4-2-7(6-8(10)14)12(18)15-9-3-5-11(17)16-13(9)19;2*1-2;/h2,9-10H,3-5H2,1H3,(H,15,18)(H,16,17,19);1-2H3;2H,1H3;/q-1;;;. The van der Waals surface area contributed by atoms with Crippen LogP contribution in [0.4, 0.5) is 4.39 Å². The van der Waals surface area contributed by atoms with E-state index in [0.29, 0.717) is 0 Å². The van der Waals surface area contributed by atoms with Crippen molar-refractivity contribution in [2.75, 3.05) is 13.4 Å². The van der Waals surface area contributed by atoms with Gasteiger partial charge in [0, 0.05) is 34.6 Å². The number of nitrogens with one attached hydrogen (secondary N) is 2. The number of piperidine rings is 1. The van der Waals surface area contributed by atoms with Gasteiger partial charge in [-0.1, -0.05) is 13.8 Å². The summed E-state index contributed by atoms with van der Waals surface area (Å²) in [7, 11) is 1.37. The van der Waals surface area contributed by atoms with Crippen LogP contribution in [-0.2, 0) is 40.2 Å². The zero-order valence-electron chi connectivity index (χ0n) is 14.7. The predicted octanol–water partition coefficient (Wildman–Crippen LogP) is 1.48. The monoisotopic (exact) mass is 543 g/mol. The van der Waals surface area contributed by atoms with E-state index in [1.54, 1.807) is 6.26 Å². The van der Waals surface area contributed by atoms with Crippen LogP contribution < -0.4 is 10.6 Å². The third kappa shape index (κ3) is 8.29. The first kappa shape index (κ1) is 26.2. The quantitative estimate of drug-likeness (QED) is 0.286. The van der Waals surface area contributed by atoms with Gasteiger partial charge in [0.25, 0.3) is 0 Å². The fraction of sp³-hybridized carbons (Fsp3) is 0.562. The molecule has 2 N–H and O–H groups in total. The van der Waals surface area contributed by atoms with Gasteiger partial charge in [0.15, 0.2) is 0 Å². The number of carbonyl (C=O) groups excluding carboxylic acids is 3. The van der Waals surface area contributed by atoms with Gasteiger partial charge in [-0.3, -0.25) is 14.9 Å². The Morgan fingerprint density at radius 2 is 2.00 bits per heavy atom. The fourth-order valence-electron chi connectivity index (χ4n) is 2.00. The number of carbonyl (C=O) groups is 3. The molecule has 0 radical (unpaired) electrons. The minimum absolute atomic E-state index is 0. The zero-order chi connectivity index (χ0) is 18.7. The van der Waals surface area contributed by atoms with Gasteiger partial charge in [-0.05, 0) is 19.1 Å². The van der Waals surface area contributed by atoms with Crippen molar-refractivity contribution in [3.8, 4) is 0 Å². The molecule has 1 saturated heterocycles. The maximum atomic E-state index is 13.5. The van der Waals surface area contributed by atoms with Crippen molar-refractivity contribution in [1.82, 2.24) is 10.6 Å². The molecular weight excluding hydrogens is 519 g/mol. The van der Waals surface area contributed by atoms with Gasteiger partial charge in [-0.25, -0.2) is 4.39 Å². The molecule has 2 rings (SSSR count). The number of thiol groups is 1. The molecular formula is C16H24FN2O4SW-. The van der Waals surface area contributed by atoms with Crippen molar-refractivity contribution in [3.05, 3.63) is 23.6 Å². The van der Waals surface area contributed by atoms with E-state index < -0.39 is 29.8 Å². The summed E-state index contributed by atoms with van der Waals surface area (Å²) in [6.07, 6.45) is 5.40. The number of methoxy groups -OCH3 is 1. The largest absolute Gasteiger partial charge is 0.394 e. The van der Waals surface area contributed by atoms with Crippen molar-refractivity contribution in [2.24, 2.45) is 0 Å². The van der Waals surface area contributed by atoms with E-state index in [9.17, 15) is 18.8 Å². The number of ether oxygens (including phenoxy) is 1. The van der Waals surface area contributed by atoms with E-state index in [1.807, 2.05) is 13.8 Å². The fourth-order valence-corrected chi connectivity index (χ4v) is 2.00. The molecule has 2 aliphatic rings. The van der Waals surface area contributed by atoms with Gasteiger partial charge in [-0.2, -0.15) is 18.7 Å². The van der Waals surface area contributed by atoms with E-state index in [1.165, 1.54) is 13.2 Å². The first-order valence-corrected chi connectivity index (χ1v) is 8.52. The summed E-state index contributed by atoms with van der Waals surface area (Å²) in [5, 5.41) is 4.59. The minimum Gasteiger partial charge on any atom is -0.394 e. The van der Waals surface area contributed by atoms with Gasteiger partial charge in [0.2, 0.25) is 11.8 Å². The molecule has 0 spiro atoms. The number of hydrogen-bond donors (Lipinski definition) is 3. The Morgan fingerprint density at radius 1 is 1.40 bits per heavy atom. The Bertz CT molecular complexity index is 526. The van der Waals surface area contributed by atoms with Crippen molar-refractivity contribution in [2.45, 2.75) is 45.3 Å². The molecule has 0 aromatic rings. The third-order valence-corrected chi connectivity index (χ3v) is 3.15. The van der Waals surface area contributed by atoms with Crippen LogP contribution in [0, 0.1) is 6.08 Å². The molecule has 0 saturated carbocycles. The Hall–Kier alpha value is -0.982. The van der Waals surface area contributed by atoms with Crippen LogP contribution in [0.1, 0.15) is 33.1 Å². The number of amides is 3. The molecule has 0 aromatic carbocycles. The van der Waals surface area contributed by atoms with Crippen molar-refractivity contribution >= 4 is 30.4 Å². The number of rotatable bonds is 3. The van der Waals surface area contributed by atoms with Gasteiger partial charge in [0.05, 0.1) is 18.0 Å². The molecule has 2 atom stereocenters. The van der Waals surface area contributed by atoms with Crippen LogP contribution in [0.15, 0.2) is 17.5 Å². The second-order valence-corrected chi connectivity index (χ2v) is 4.53. The van der Waals surface area contributed by atoms with E-state index in [2.05, 4.69) is 29.3 Å². The molecule has 1 aliphatic carbocycles. The van der Waals surface area contributed by atoms with Crippen LogP contribution in [0.3, 0.4) is 0 Å². The molecule has 6 nitrogen and oxygen atoms in total. The average molecular weight is 543 g/mol. The molecule has 3 amide bonds. The maximum Gasteiger partial charge on any atom is 0.248 e. The van der Waals surface area contributed by atoms with E-state index in [4.69, 9.17) is 4.74 Å². The maximum absolute atomic E-state index is 13.5. The van der Waals surface area contributed by atoms with Crippen LogP contribution in [-0.4, -0.2) is 43.2 Å². The summed E-state index contributed by atoms with van der Waals surface area (Å²) < 4.78 is 18.4. The van der Waals surface area contributed by atoms with Crippen molar-refractivity contribution in [1.29, 1.82) is 0 Å². The van der Waals surface area contributed by atoms with Gasteiger partial charge >= 0.3 is 0 Å². The second-order valence-electron chi connectivity index (χ2n) is 4.53. The SMILES string of the molecule is CC.COC1CC=C(C(=O)NC2CCC(=O)NC2=O)[C-]=C1F.CS.[W]. The van der Waals surface area contributed by atoms with Crippen LogP contribution in [0.5, 0.6) is 0 Å². The molecule has 142 valence electrons. The molecule has 9 heteroatoms. The number of hydrogen-bond acceptors (Lipinski definition) is 5. The Balaban J connectivity index is 0. The average Bonchev–Trinajstić information content (AvgIpc) is 2.60. The number of halogens is 1. The molecule has 1 heterocycles. The Kier molecular flexibility index (Phi) is 14.9. The summed E-state index contributed by atoms with van der Waals surface area (Å²) in [5.74, 6) is -2.16. The topological polar surface area (TPSA) is 84.5 Å². The second kappa shape index (κ2) is 14.2. The van der Waals surface area contributed by atoms with Crippen LogP contribution >= 0.6 is 12.6 Å². The Labute approximate surface area is 167 Å². The summed E-state index contributed by atoms with van der Waals surface area (Å²) in [6.45, 7) is 4.00. The molecule has 25 heavy (non-hydrogen) atoms. The predicted molar refractivity (Wildman–Crippen MR) is 91.9 cm³/mol. The van der Waals surface area contributed by atoms with Crippen LogP contribution in [0.2, 0.25) is 0 Å². The van der Waals surface area contributed by atoms with Gasteiger partial charge in [-0.15, -0.1) is 11.6 Å². The molecule has 0 aromatic heterocycles. The first-order chi connectivity index (χ1) is 11.5. The van der Waals surface area contributed by atoms with Gasteiger partial charge < -0.3 is 14.8 Å².